The van der Waals surface area contributed by atoms with Gasteiger partial charge in [-0.25, -0.2) is 13.2 Å². The van der Waals surface area contributed by atoms with Gasteiger partial charge >= 0.3 is 5.97 Å². The standard InChI is InChI=1S/C20H21BrN2O5S/c1-5-27-18-10-14(12-22)9-17(21)19(18)28-20(24)15-7-6-8-16(11-15)29(25,26)23(4)13(2)3/h6-11,13H,5H2,1-4H3. The third-order valence-electron chi connectivity index (χ3n) is 4.11. The molecule has 0 aliphatic rings. The van der Waals surface area contributed by atoms with Gasteiger partial charge in [0, 0.05) is 19.2 Å². The summed E-state index contributed by atoms with van der Waals surface area (Å²) in [6.07, 6.45) is 0. The molecule has 2 aromatic rings. The van der Waals surface area contributed by atoms with Gasteiger partial charge in [-0.3, -0.25) is 0 Å². The molecule has 0 radical (unpaired) electrons. The summed E-state index contributed by atoms with van der Waals surface area (Å²) >= 11 is 3.28. The average Bonchev–Trinajstić information content (AvgIpc) is 2.69. The molecule has 0 aromatic heterocycles. The van der Waals surface area contributed by atoms with E-state index in [4.69, 9.17) is 14.7 Å². The van der Waals surface area contributed by atoms with Crippen LogP contribution in [0.4, 0.5) is 0 Å². The van der Waals surface area contributed by atoms with Gasteiger partial charge in [0.05, 0.1) is 33.2 Å². The Morgan fingerprint density at radius 1 is 1.28 bits per heavy atom. The second-order valence-electron chi connectivity index (χ2n) is 6.36. The maximum atomic E-state index is 12.7. The van der Waals surface area contributed by atoms with Crippen LogP contribution in [0.2, 0.25) is 0 Å². The Morgan fingerprint density at radius 3 is 2.55 bits per heavy atom. The van der Waals surface area contributed by atoms with Crippen LogP contribution >= 0.6 is 15.9 Å². The average molecular weight is 481 g/mol. The van der Waals surface area contributed by atoms with Crippen LogP contribution in [0.3, 0.4) is 0 Å². The van der Waals surface area contributed by atoms with Crippen LogP contribution < -0.4 is 9.47 Å². The first-order valence-corrected chi connectivity index (χ1v) is 11.0. The molecule has 154 valence electrons. The summed E-state index contributed by atoms with van der Waals surface area (Å²) in [6, 6.07) is 10.4. The van der Waals surface area contributed by atoms with Crippen molar-refractivity contribution in [3.8, 4) is 17.6 Å². The fourth-order valence-electron chi connectivity index (χ4n) is 2.37. The normalized spacial score (nSPS) is 11.4. The van der Waals surface area contributed by atoms with E-state index < -0.39 is 16.0 Å². The molecule has 29 heavy (non-hydrogen) atoms. The number of nitriles is 1. The maximum Gasteiger partial charge on any atom is 0.343 e. The number of esters is 1. The van der Waals surface area contributed by atoms with Crippen LogP contribution in [0, 0.1) is 11.3 Å². The number of hydrogen-bond acceptors (Lipinski definition) is 6. The van der Waals surface area contributed by atoms with E-state index in [2.05, 4.69) is 15.9 Å². The van der Waals surface area contributed by atoms with Crippen LogP contribution in [0.25, 0.3) is 0 Å². The molecule has 0 N–H and O–H groups in total. The van der Waals surface area contributed by atoms with Crippen LogP contribution in [0.15, 0.2) is 45.8 Å². The van der Waals surface area contributed by atoms with Crippen molar-refractivity contribution in [1.82, 2.24) is 4.31 Å². The van der Waals surface area contributed by atoms with Crippen LogP contribution in [0.1, 0.15) is 36.7 Å². The molecule has 0 fully saturated rings. The van der Waals surface area contributed by atoms with Gasteiger partial charge in [-0.2, -0.15) is 9.57 Å². The Hall–Kier alpha value is -2.41. The fraction of sp³-hybridized carbons (Fsp3) is 0.300. The summed E-state index contributed by atoms with van der Waals surface area (Å²) in [7, 11) is -2.27. The summed E-state index contributed by atoms with van der Waals surface area (Å²) < 4.78 is 37.9. The van der Waals surface area contributed by atoms with Crippen molar-refractivity contribution in [2.24, 2.45) is 0 Å². The predicted molar refractivity (Wildman–Crippen MR) is 112 cm³/mol. The highest BCUT2D eigenvalue weighted by atomic mass is 79.9. The third kappa shape index (κ3) is 5.15. The zero-order valence-electron chi connectivity index (χ0n) is 16.5. The topological polar surface area (TPSA) is 96.7 Å². The fourth-order valence-corrected chi connectivity index (χ4v) is 4.31. The van der Waals surface area contributed by atoms with E-state index in [9.17, 15) is 13.2 Å². The van der Waals surface area contributed by atoms with Crippen molar-refractivity contribution in [3.63, 3.8) is 0 Å². The minimum atomic E-state index is -3.75. The minimum absolute atomic E-state index is 0.00734. The molecule has 0 atom stereocenters. The summed E-state index contributed by atoms with van der Waals surface area (Å²) in [6.45, 7) is 5.58. The molecule has 0 saturated carbocycles. The lowest BCUT2D eigenvalue weighted by Gasteiger charge is -2.21. The molecule has 0 amide bonds. The van der Waals surface area contributed by atoms with Crippen LogP contribution in [0.5, 0.6) is 11.5 Å². The second kappa shape index (κ2) is 9.39. The van der Waals surface area contributed by atoms with Gasteiger partial charge in [-0.15, -0.1) is 0 Å². The Bertz CT molecular complexity index is 1060. The zero-order chi connectivity index (χ0) is 21.8. The SMILES string of the molecule is CCOc1cc(C#N)cc(Br)c1OC(=O)c1cccc(S(=O)(=O)N(C)C(C)C)c1. The zero-order valence-corrected chi connectivity index (χ0v) is 18.9. The maximum absolute atomic E-state index is 12.7. The lowest BCUT2D eigenvalue weighted by molar-refractivity contribution is 0.0727. The molecule has 9 heteroatoms. The molecule has 7 nitrogen and oxygen atoms in total. The lowest BCUT2D eigenvalue weighted by Crippen LogP contribution is -2.33. The number of nitrogens with zero attached hydrogens (tertiary/aromatic N) is 2. The van der Waals surface area contributed by atoms with Gasteiger partial charge in [0.25, 0.3) is 0 Å². The number of carbonyl (C=O) groups excluding carboxylic acids is 1. The number of hydrogen-bond donors (Lipinski definition) is 0. The summed E-state index contributed by atoms with van der Waals surface area (Å²) in [5.74, 6) is -0.404. The number of ether oxygens (including phenoxy) is 2. The predicted octanol–water partition coefficient (Wildman–Crippen LogP) is 3.97. The second-order valence-corrected chi connectivity index (χ2v) is 9.21. The monoisotopic (exact) mass is 480 g/mol. The highest BCUT2D eigenvalue weighted by Gasteiger charge is 2.25. The molecular weight excluding hydrogens is 460 g/mol. The summed E-state index contributed by atoms with van der Waals surface area (Å²) in [5, 5.41) is 9.10. The third-order valence-corrected chi connectivity index (χ3v) is 6.73. The van der Waals surface area contributed by atoms with Gasteiger partial charge in [0.15, 0.2) is 11.5 Å². The Kier molecular flexibility index (Phi) is 7.41. The van der Waals surface area contributed by atoms with Crippen molar-refractivity contribution < 1.29 is 22.7 Å². The molecule has 0 bridgehead atoms. The van der Waals surface area contributed by atoms with Gasteiger partial charge in [-0.1, -0.05) is 6.07 Å². The van der Waals surface area contributed by atoms with Crippen molar-refractivity contribution in [1.29, 1.82) is 5.26 Å². The number of sulfonamides is 1. The number of carbonyl (C=O) groups is 1. The van der Waals surface area contributed by atoms with Crippen molar-refractivity contribution >= 4 is 31.9 Å². The van der Waals surface area contributed by atoms with E-state index in [-0.39, 0.29) is 28.0 Å². The largest absolute Gasteiger partial charge is 0.490 e. The summed E-state index contributed by atoms with van der Waals surface area (Å²) in [4.78, 5) is 12.7. The van der Waals surface area contributed by atoms with Crippen LogP contribution in [-0.2, 0) is 10.0 Å². The van der Waals surface area contributed by atoms with Crippen molar-refractivity contribution in [2.45, 2.75) is 31.7 Å². The van der Waals surface area contributed by atoms with E-state index >= 15 is 0 Å². The van der Waals surface area contributed by atoms with E-state index in [0.29, 0.717) is 16.6 Å². The number of benzene rings is 2. The van der Waals surface area contributed by atoms with Crippen molar-refractivity contribution in [2.75, 3.05) is 13.7 Å². The highest BCUT2D eigenvalue weighted by molar-refractivity contribution is 9.10. The highest BCUT2D eigenvalue weighted by Crippen LogP contribution is 2.37. The number of rotatable bonds is 7. The Labute approximate surface area is 179 Å². The molecule has 0 unspecified atom stereocenters. The van der Waals surface area contributed by atoms with Crippen molar-refractivity contribution in [3.05, 3.63) is 52.0 Å². The van der Waals surface area contributed by atoms with Gasteiger partial charge in [-0.05, 0) is 61.0 Å². The molecule has 0 heterocycles. The summed E-state index contributed by atoms with van der Waals surface area (Å²) in [5.41, 5.74) is 0.409. The number of halogens is 1. The smallest absolute Gasteiger partial charge is 0.343 e. The first-order valence-electron chi connectivity index (χ1n) is 8.78. The molecule has 0 aliphatic heterocycles. The lowest BCUT2D eigenvalue weighted by atomic mass is 10.2. The molecule has 0 saturated heterocycles. The Balaban J connectivity index is 2.40. The first-order chi connectivity index (χ1) is 13.6. The van der Waals surface area contributed by atoms with Gasteiger partial charge < -0.3 is 9.47 Å². The molecular formula is C20H21BrN2O5S. The van der Waals surface area contributed by atoms with Gasteiger partial charge in [0.1, 0.15) is 0 Å². The molecule has 2 rings (SSSR count). The minimum Gasteiger partial charge on any atom is -0.490 e. The Morgan fingerprint density at radius 2 is 1.97 bits per heavy atom. The van der Waals surface area contributed by atoms with E-state index in [1.807, 2.05) is 6.07 Å². The molecule has 0 spiro atoms. The molecule has 0 aliphatic carbocycles. The van der Waals surface area contributed by atoms with E-state index in [1.54, 1.807) is 20.8 Å². The van der Waals surface area contributed by atoms with Gasteiger partial charge in [0.2, 0.25) is 10.0 Å². The van der Waals surface area contributed by atoms with E-state index in [1.165, 1.54) is 47.8 Å². The van der Waals surface area contributed by atoms with E-state index in [0.717, 1.165) is 0 Å². The van der Waals surface area contributed by atoms with Crippen LogP contribution in [-0.4, -0.2) is 38.4 Å². The quantitative estimate of drug-likeness (QED) is 0.439. The molecule has 2 aromatic carbocycles. The first kappa shape index (κ1) is 22.9.